The number of aliphatic imine (C=N–C) groups is 2. The minimum atomic E-state index is -1.26. The summed E-state index contributed by atoms with van der Waals surface area (Å²) in [7, 11) is 2.94. The van der Waals surface area contributed by atoms with E-state index in [-0.39, 0.29) is 68.3 Å². The molecule has 80 heavy (non-hydrogen) atoms. The molecule has 21 heteroatoms. The lowest BCUT2D eigenvalue weighted by Crippen LogP contribution is -2.46. The van der Waals surface area contributed by atoms with Gasteiger partial charge in [-0.15, -0.1) is 0 Å². The van der Waals surface area contributed by atoms with Crippen molar-refractivity contribution >= 4 is 76.3 Å². The standard InChI is InChI=1S/C59H75N9O12/c1-33(2)23-47(63-52(70)28-39-19-21-45(50(26-39)76-9)67-58(74)65-43-17-13-11-15-35(43)5)54-60-31-41(78-54)25-37(7)56(72)80-57(73)49(62-38(8)69)30-42-32-61-55(79-42)48(24-34(3)4)64-53(71)29-40-20-22-46(51(27-40)77-10)68-59(75)66-44-18-14-12-16-36(44)6/h11-22,26-27,33-34,37,41-42,47-49H,23-25,28-32H2,1-10H3,(H,62,69)(H,63,70)(H,64,71)(H2,65,67,74)(H2,66,68,75). The van der Waals surface area contributed by atoms with Crippen LogP contribution in [0.4, 0.5) is 32.3 Å². The van der Waals surface area contributed by atoms with E-state index in [9.17, 15) is 33.6 Å². The van der Waals surface area contributed by atoms with Gasteiger partial charge in [-0.1, -0.05) is 83.1 Å². The van der Waals surface area contributed by atoms with Gasteiger partial charge in [-0.2, -0.15) is 0 Å². The van der Waals surface area contributed by atoms with Crippen molar-refractivity contribution in [2.45, 2.75) is 124 Å². The number of benzene rings is 4. The van der Waals surface area contributed by atoms with Crippen LogP contribution in [-0.2, 0) is 51.0 Å². The fourth-order valence-electron chi connectivity index (χ4n) is 9.11. The molecule has 2 aliphatic rings. The summed E-state index contributed by atoms with van der Waals surface area (Å²) in [6.07, 6.45) is -0.201. The summed E-state index contributed by atoms with van der Waals surface area (Å²) in [5.41, 5.74) is 5.25. The van der Waals surface area contributed by atoms with E-state index >= 15 is 0 Å². The van der Waals surface area contributed by atoms with E-state index in [0.717, 1.165) is 11.1 Å². The smallest absolute Gasteiger partial charge is 0.336 e. The minimum Gasteiger partial charge on any atom is -0.495 e. The van der Waals surface area contributed by atoms with E-state index in [0.29, 0.717) is 64.1 Å². The molecule has 0 fully saturated rings. The van der Waals surface area contributed by atoms with Crippen LogP contribution in [-0.4, -0.2) is 111 Å². The number of nitrogens with zero attached hydrogens (tertiary/aromatic N) is 2. The van der Waals surface area contributed by atoms with Gasteiger partial charge in [0.1, 0.15) is 41.8 Å². The average Bonchev–Trinajstić information content (AvgIpc) is 4.08. The highest BCUT2D eigenvalue weighted by Crippen LogP contribution is 2.29. The number of carbonyl (C=O) groups excluding carboxylic acids is 7. The predicted molar refractivity (Wildman–Crippen MR) is 305 cm³/mol. The van der Waals surface area contributed by atoms with Crippen LogP contribution < -0.4 is 46.7 Å². The van der Waals surface area contributed by atoms with E-state index in [2.05, 4.69) is 47.2 Å². The number of rotatable bonds is 25. The molecule has 4 aromatic carbocycles. The number of nitrogens with one attached hydrogen (secondary N) is 7. The van der Waals surface area contributed by atoms with Gasteiger partial charge < -0.3 is 60.9 Å². The number of para-hydroxylation sites is 2. The van der Waals surface area contributed by atoms with Gasteiger partial charge in [-0.05, 0) is 104 Å². The number of anilines is 4. The normalized spacial score (nSPS) is 16.1. The maximum atomic E-state index is 13.6. The highest BCUT2D eigenvalue weighted by molar-refractivity contribution is 6.02. The molecule has 0 saturated heterocycles. The molecule has 0 bridgehead atoms. The van der Waals surface area contributed by atoms with Crippen molar-refractivity contribution in [2.24, 2.45) is 27.7 Å². The van der Waals surface area contributed by atoms with Crippen LogP contribution in [0.3, 0.4) is 0 Å². The molecule has 0 radical (unpaired) electrons. The van der Waals surface area contributed by atoms with Crippen molar-refractivity contribution in [1.29, 1.82) is 0 Å². The van der Waals surface area contributed by atoms with Crippen LogP contribution in [0.25, 0.3) is 0 Å². The summed E-state index contributed by atoms with van der Waals surface area (Å²) in [4.78, 5) is 101. The zero-order chi connectivity index (χ0) is 58.0. The molecule has 7 amide bonds. The highest BCUT2D eigenvalue weighted by atomic mass is 16.6. The van der Waals surface area contributed by atoms with Gasteiger partial charge in [0.25, 0.3) is 0 Å². The molecule has 0 aliphatic carbocycles. The summed E-state index contributed by atoms with van der Waals surface area (Å²) < 4.78 is 28.9. The lowest BCUT2D eigenvalue weighted by Gasteiger charge is -2.24. The third-order valence-corrected chi connectivity index (χ3v) is 13.1. The number of hydrogen-bond donors (Lipinski definition) is 7. The summed E-state index contributed by atoms with van der Waals surface area (Å²) in [6.45, 7) is 15.0. The van der Waals surface area contributed by atoms with E-state index in [1.807, 2.05) is 77.9 Å². The molecule has 2 heterocycles. The lowest BCUT2D eigenvalue weighted by molar-refractivity contribution is -0.165. The fourth-order valence-corrected chi connectivity index (χ4v) is 9.11. The first-order chi connectivity index (χ1) is 38.2. The lowest BCUT2D eigenvalue weighted by atomic mass is 10.0. The van der Waals surface area contributed by atoms with Crippen molar-refractivity contribution in [3.8, 4) is 11.5 Å². The predicted octanol–water partition coefficient (Wildman–Crippen LogP) is 8.04. The molecule has 7 N–H and O–H groups in total. The van der Waals surface area contributed by atoms with Crippen molar-refractivity contribution in [3.63, 3.8) is 0 Å². The van der Waals surface area contributed by atoms with E-state index in [1.165, 1.54) is 21.1 Å². The molecular formula is C59H75N9O12. The van der Waals surface area contributed by atoms with Crippen molar-refractivity contribution in [2.75, 3.05) is 48.6 Å². The first kappa shape index (κ1) is 60.7. The second-order valence-electron chi connectivity index (χ2n) is 20.9. The Morgan fingerprint density at radius 2 is 0.988 bits per heavy atom. The van der Waals surface area contributed by atoms with Crippen molar-refractivity contribution in [3.05, 3.63) is 107 Å². The van der Waals surface area contributed by atoms with Crippen molar-refractivity contribution in [1.82, 2.24) is 16.0 Å². The molecule has 21 nitrogen and oxygen atoms in total. The molecule has 6 atom stereocenters. The number of ether oxygens (including phenoxy) is 5. The summed E-state index contributed by atoms with van der Waals surface area (Å²) in [5, 5.41) is 19.9. The minimum absolute atomic E-state index is 0.00108. The molecule has 6 rings (SSSR count). The second kappa shape index (κ2) is 28.9. The van der Waals surface area contributed by atoms with Gasteiger partial charge in [-0.25, -0.2) is 24.4 Å². The molecule has 0 aromatic heterocycles. The third-order valence-electron chi connectivity index (χ3n) is 13.1. The zero-order valence-corrected chi connectivity index (χ0v) is 47.2. The molecule has 6 unspecified atom stereocenters. The first-order valence-corrected chi connectivity index (χ1v) is 26.8. The highest BCUT2D eigenvalue weighted by Gasteiger charge is 2.36. The quantitative estimate of drug-likeness (QED) is 0.0245. The summed E-state index contributed by atoms with van der Waals surface area (Å²) >= 11 is 0. The van der Waals surface area contributed by atoms with Gasteiger partial charge >= 0.3 is 24.0 Å². The van der Waals surface area contributed by atoms with Gasteiger partial charge in [-0.3, -0.25) is 19.2 Å². The van der Waals surface area contributed by atoms with Gasteiger partial charge in [0.15, 0.2) is 0 Å². The van der Waals surface area contributed by atoms with Crippen LogP contribution in [0.5, 0.6) is 11.5 Å². The molecular weight excluding hydrogens is 1030 g/mol. The van der Waals surface area contributed by atoms with Crippen LogP contribution in [0.1, 0.15) is 89.5 Å². The number of amides is 7. The third kappa shape index (κ3) is 18.3. The van der Waals surface area contributed by atoms with E-state index in [1.54, 1.807) is 55.5 Å². The monoisotopic (exact) mass is 1100 g/mol. The van der Waals surface area contributed by atoms with Gasteiger partial charge in [0.2, 0.25) is 29.5 Å². The average molecular weight is 1100 g/mol. The van der Waals surface area contributed by atoms with Crippen LogP contribution >= 0.6 is 0 Å². The molecule has 2 aliphatic heterocycles. The Bertz CT molecular complexity index is 2940. The Morgan fingerprint density at radius 3 is 1.40 bits per heavy atom. The SMILES string of the molecule is COc1cc(CC(=O)NC(CC(C)C)C2=NCC(CC(C)C(=O)OC(=O)C(CC3CN=C(C(CC(C)C)NC(=O)Cc4ccc(NC(=O)Nc5ccccc5C)c(OC)c4)O3)NC(C)=O)O2)ccc1NC(=O)Nc1ccccc1C. The van der Waals surface area contributed by atoms with Crippen LogP contribution in [0.15, 0.2) is 94.9 Å². The Balaban J connectivity index is 0.972. The topological polar surface area (TPSA) is 275 Å². The second-order valence-corrected chi connectivity index (χ2v) is 20.9. The number of methoxy groups -OCH3 is 2. The summed E-state index contributed by atoms with van der Waals surface area (Å²) in [5.74, 6) is -2.16. The van der Waals surface area contributed by atoms with E-state index < -0.39 is 66.2 Å². The number of aryl methyl sites for hydroxylation is 2. The van der Waals surface area contributed by atoms with Gasteiger partial charge in [0, 0.05) is 24.7 Å². The maximum absolute atomic E-state index is 13.6. The van der Waals surface area contributed by atoms with Gasteiger partial charge in [0.05, 0.1) is 57.4 Å². The Kier molecular flexibility index (Phi) is 22.0. The Hall–Kier alpha value is -8.49. The molecule has 428 valence electrons. The largest absolute Gasteiger partial charge is 0.495 e. The molecule has 0 spiro atoms. The fraction of sp³-hybridized carbons (Fsp3) is 0.441. The number of urea groups is 2. The Morgan fingerprint density at radius 1 is 0.562 bits per heavy atom. The van der Waals surface area contributed by atoms with Crippen LogP contribution in [0, 0.1) is 31.6 Å². The summed E-state index contributed by atoms with van der Waals surface area (Å²) in [6, 6.07) is 21.6. The first-order valence-electron chi connectivity index (χ1n) is 26.8. The number of carbonyl (C=O) groups is 7. The van der Waals surface area contributed by atoms with E-state index in [4.69, 9.17) is 23.7 Å². The zero-order valence-electron chi connectivity index (χ0n) is 47.2. The van der Waals surface area contributed by atoms with Crippen LogP contribution in [0.2, 0.25) is 0 Å². The number of hydrogen-bond acceptors (Lipinski definition) is 14. The Labute approximate surface area is 467 Å². The molecule has 0 saturated carbocycles. The van der Waals surface area contributed by atoms with Crippen molar-refractivity contribution < 1.29 is 57.2 Å². The molecule has 4 aromatic rings. The maximum Gasteiger partial charge on any atom is 0.336 e. The number of esters is 2.